The number of rotatable bonds is 1. The fourth-order valence-electron chi connectivity index (χ4n) is 2.03. The lowest BCUT2D eigenvalue weighted by molar-refractivity contribution is -0.141. The van der Waals surface area contributed by atoms with Crippen LogP contribution in [0.15, 0.2) is 36.7 Å². The monoisotopic (exact) mass is 311 g/mol. The Hall–Kier alpha value is -2.08. The Morgan fingerprint density at radius 1 is 1.19 bits per heavy atom. The molecule has 0 aliphatic carbocycles. The Labute approximate surface area is 123 Å². The van der Waals surface area contributed by atoms with Gasteiger partial charge in [0.05, 0.1) is 11.0 Å². The average Bonchev–Trinajstić information content (AvgIpc) is 2.81. The summed E-state index contributed by atoms with van der Waals surface area (Å²) < 4.78 is 39.7. The fourth-order valence-corrected chi connectivity index (χ4v) is 2.19. The Morgan fingerprint density at radius 3 is 2.67 bits per heavy atom. The Morgan fingerprint density at radius 2 is 1.95 bits per heavy atom. The third-order valence-corrected chi connectivity index (χ3v) is 3.51. The molecule has 3 aromatic rings. The zero-order chi connectivity index (χ0) is 15.2. The van der Waals surface area contributed by atoms with Gasteiger partial charge in [-0.25, -0.2) is 9.97 Å². The van der Waals surface area contributed by atoms with Gasteiger partial charge in [0.2, 0.25) is 0 Å². The summed E-state index contributed by atoms with van der Waals surface area (Å²) in [4.78, 5) is 7.80. The largest absolute Gasteiger partial charge is 0.433 e. The predicted molar refractivity (Wildman–Crippen MR) is 73.6 cm³/mol. The number of imidazole rings is 1. The van der Waals surface area contributed by atoms with Gasteiger partial charge in [-0.2, -0.15) is 13.2 Å². The van der Waals surface area contributed by atoms with Crippen molar-refractivity contribution in [2.24, 2.45) is 0 Å². The maximum absolute atomic E-state index is 12.7. The topological polar surface area (TPSA) is 30.7 Å². The van der Waals surface area contributed by atoms with Gasteiger partial charge in [-0.05, 0) is 36.8 Å². The van der Waals surface area contributed by atoms with Gasteiger partial charge in [-0.3, -0.25) is 4.57 Å². The van der Waals surface area contributed by atoms with Crippen molar-refractivity contribution in [3.8, 4) is 5.82 Å². The molecule has 0 unspecified atom stereocenters. The summed E-state index contributed by atoms with van der Waals surface area (Å²) in [6, 6.07) is 7.20. The van der Waals surface area contributed by atoms with Gasteiger partial charge in [0.25, 0.3) is 0 Å². The summed E-state index contributed by atoms with van der Waals surface area (Å²) in [7, 11) is 0. The maximum Gasteiger partial charge on any atom is 0.433 e. The molecule has 1 aromatic carbocycles. The van der Waals surface area contributed by atoms with Crippen LogP contribution in [0.3, 0.4) is 0 Å². The molecule has 2 aromatic heterocycles. The lowest BCUT2D eigenvalue weighted by Crippen LogP contribution is -2.09. The second kappa shape index (κ2) is 4.73. The number of hydrogen-bond donors (Lipinski definition) is 0. The van der Waals surface area contributed by atoms with E-state index in [4.69, 9.17) is 11.6 Å². The van der Waals surface area contributed by atoms with E-state index in [0.29, 0.717) is 16.1 Å². The van der Waals surface area contributed by atoms with Crippen LogP contribution in [0.2, 0.25) is 5.02 Å². The van der Waals surface area contributed by atoms with Crippen molar-refractivity contribution < 1.29 is 13.2 Å². The first kappa shape index (κ1) is 13.9. The van der Waals surface area contributed by atoms with Crippen LogP contribution in [0.1, 0.15) is 11.3 Å². The second-order valence-corrected chi connectivity index (χ2v) is 4.99. The summed E-state index contributed by atoms with van der Waals surface area (Å²) in [5, 5.41) is 0.560. The highest BCUT2D eigenvalue weighted by Crippen LogP contribution is 2.29. The van der Waals surface area contributed by atoms with E-state index in [-0.39, 0.29) is 5.82 Å². The molecule has 108 valence electrons. The highest BCUT2D eigenvalue weighted by molar-refractivity contribution is 6.32. The lowest BCUT2D eigenvalue weighted by atomic mass is 10.2. The Bertz CT molecular complexity index is 824. The molecular weight excluding hydrogens is 303 g/mol. The molecule has 0 saturated carbocycles. The van der Waals surface area contributed by atoms with E-state index in [1.54, 1.807) is 12.1 Å². The van der Waals surface area contributed by atoms with Crippen LogP contribution < -0.4 is 0 Å². The van der Waals surface area contributed by atoms with Crippen LogP contribution in [0.4, 0.5) is 13.2 Å². The lowest BCUT2D eigenvalue weighted by Gasteiger charge is -2.09. The van der Waals surface area contributed by atoms with Crippen LogP contribution in [0.25, 0.3) is 16.9 Å². The van der Waals surface area contributed by atoms with Gasteiger partial charge < -0.3 is 0 Å². The Balaban J connectivity index is 2.19. The SMILES string of the molecule is Cc1cc2c(cc1Cl)ncn2-c1cccc(C(F)(F)F)n1. The van der Waals surface area contributed by atoms with Crippen molar-refractivity contribution >= 4 is 22.6 Å². The molecule has 3 nitrogen and oxygen atoms in total. The molecule has 0 N–H and O–H groups in total. The van der Waals surface area contributed by atoms with E-state index in [1.807, 2.05) is 6.92 Å². The van der Waals surface area contributed by atoms with Crippen LogP contribution >= 0.6 is 11.6 Å². The molecular formula is C14H9ClF3N3. The molecule has 3 rings (SSSR count). The molecule has 0 radical (unpaired) electrons. The second-order valence-electron chi connectivity index (χ2n) is 4.58. The third kappa shape index (κ3) is 2.47. The zero-order valence-electron chi connectivity index (χ0n) is 10.8. The van der Waals surface area contributed by atoms with E-state index in [9.17, 15) is 13.2 Å². The van der Waals surface area contributed by atoms with Gasteiger partial charge >= 0.3 is 6.18 Å². The minimum atomic E-state index is -4.48. The van der Waals surface area contributed by atoms with Gasteiger partial charge in [-0.1, -0.05) is 17.7 Å². The third-order valence-electron chi connectivity index (χ3n) is 3.10. The number of alkyl halides is 3. The summed E-state index contributed by atoms with van der Waals surface area (Å²) >= 11 is 6.01. The van der Waals surface area contributed by atoms with E-state index < -0.39 is 11.9 Å². The van der Waals surface area contributed by atoms with Crippen molar-refractivity contribution in [1.29, 1.82) is 0 Å². The predicted octanol–water partition coefficient (Wildman–Crippen LogP) is 4.40. The van der Waals surface area contributed by atoms with E-state index in [2.05, 4.69) is 9.97 Å². The van der Waals surface area contributed by atoms with Crippen molar-refractivity contribution in [3.05, 3.63) is 52.9 Å². The Kier molecular flexibility index (Phi) is 3.13. The van der Waals surface area contributed by atoms with Gasteiger partial charge in [-0.15, -0.1) is 0 Å². The average molecular weight is 312 g/mol. The van der Waals surface area contributed by atoms with Crippen LogP contribution in [-0.2, 0) is 6.18 Å². The molecule has 2 heterocycles. The molecule has 0 saturated heterocycles. The number of fused-ring (bicyclic) bond motifs is 1. The standard InChI is InChI=1S/C14H9ClF3N3/c1-8-5-11-10(6-9(8)15)19-7-21(11)13-4-2-3-12(20-13)14(16,17)18/h2-7H,1H3. The smallest absolute Gasteiger partial charge is 0.283 e. The number of aromatic nitrogens is 3. The quantitative estimate of drug-likeness (QED) is 0.667. The first-order valence-corrected chi connectivity index (χ1v) is 6.42. The van der Waals surface area contributed by atoms with Crippen molar-refractivity contribution in [1.82, 2.24) is 14.5 Å². The minimum absolute atomic E-state index is 0.161. The molecule has 0 aliphatic rings. The minimum Gasteiger partial charge on any atom is -0.283 e. The first-order chi connectivity index (χ1) is 9.86. The number of hydrogen-bond acceptors (Lipinski definition) is 2. The van der Waals surface area contributed by atoms with E-state index in [1.165, 1.54) is 23.0 Å². The molecule has 21 heavy (non-hydrogen) atoms. The van der Waals surface area contributed by atoms with Crippen molar-refractivity contribution in [2.75, 3.05) is 0 Å². The zero-order valence-corrected chi connectivity index (χ0v) is 11.6. The number of halogens is 4. The van der Waals surface area contributed by atoms with Crippen molar-refractivity contribution in [2.45, 2.75) is 13.1 Å². The van der Waals surface area contributed by atoms with E-state index in [0.717, 1.165) is 11.6 Å². The number of pyridine rings is 1. The normalized spacial score (nSPS) is 12.0. The van der Waals surface area contributed by atoms with Crippen molar-refractivity contribution in [3.63, 3.8) is 0 Å². The molecule has 0 amide bonds. The number of nitrogens with zero attached hydrogens (tertiary/aromatic N) is 3. The number of benzene rings is 1. The molecule has 0 bridgehead atoms. The molecule has 7 heteroatoms. The summed E-state index contributed by atoms with van der Waals surface area (Å²) in [5.74, 6) is 0.161. The summed E-state index contributed by atoms with van der Waals surface area (Å²) in [6.45, 7) is 1.82. The van der Waals surface area contributed by atoms with Crippen LogP contribution in [-0.4, -0.2) is 14.5 Å². The van der Waals surface area contributed by atoms with Crippen LogP contribution in [0.5, 0.6) is 0 Å². The molecule has 0 fully saturated rings. The first-order valence-electron chi connectivity index (χ1n) is 6.04. The highest BCUT2D eigenvalue weighted by Gasteiger charge is 2.32. The molecule has 0 atom stereocenters. The van der Waals surface area contributed by atoms with Gasteiger partial charge in [0.1, 0.15) is 17.8 Å². The fraction of sp³-hybridized carbons (Fsp3) is 0.143. The van der Waals surface area contributed by atoms with Crippen LogP contribution in [0, 0.1) is 6.92 Å². The van der Waals surface area contributed by atoms with Gasteiger partial charge in [0.15, 0.2) is 0 Å². The summed E-state index contributed by atoms with van der Waals surface area (Å²) in [5.41, 5.74) is 1.14. The maximum atomic E-state index is 12.7. The summed E-state index contributed by atoms with van der Waals surface area (Å²) in [6.07, 6.45) is -3.05. The highest BCUT2D eigenvalue weighted by atomic mass is 35.5. The number of aryl methyl sites for hydroxylation is 1. The van der Waals surface area contributed by atoms with E-state index >= 15 is 0 Å². The van der Waals surface area contributed by atoms with Gasteiger partial charge in [0, 0.05) is 5.02 Å². The molecule has 0 spiro atoms. The molecule has 0 aliphatic heterocycles.